The molecule has 1 fully saturated rings. The summed E-state index contributed by atoms with van der Waals surface area (Å²) in [5, 5.41) is 2.21. The normalized spacial score (nSPS) is 13.9. The van der Waals surface area contributed by atoms with E-state index < -0.39 is 17.9 Å². The molecule has 0 heterocycles. The Kier molecular flexibility index (Phi) is 5.91. The fourth-order valence-electron chi connectivity index (χ4n) is 1.44. The maximum Gasteiger partial charge on any atom is 0.325 e. The van der Waals surface area contributed by atoms with E-state index in [1.807, 2.05) is 0 Å². The summed E-state index contributed by atoms with van der Waals surface area (Å²) in [5.74, 6) is -0.755. The summed E-state index contributed by atoms with van der Waals surface area (Å²) in [5.41, 5.74) is 0. The smallest absolute Gasteiger partial charge is 0.325 e. The van der Waals surface area contributed by atoms with E-state index in [4.69, 9.17) is 16.3 Å². The third kappa shape index (κ3) is 4.91. The van der Waals surface area contributed by atoms with Crippen LogP contribution in [0.5, 0.6) is 0 Å². The molecule has 0 unspecified atom stereocenters. The van der Waals surface area contributed by atoms with Crippen LogP contribution in [0.3, 0.4) is 0 Å². The standard InChI is InChI=1S/C11H17ClN2O4/c1-2-18-10(16)7-14(8-3-4-8)11(17)13-9(15)5-6-12/h8H,2-7H2,1H3,(H,13,15,17). The van der Waals surface area contributed by atoms with Gasteiger partial charge in [-0.25, -0.2) is 4.79 Å². The Morgan fingerprint density at radius 1 is 1.39 bits per heavy atom. The zero-order chi connectivity index (χ0) is 13.5. The molecule has 1 aliphatic carbocycles. The van der Waals surface area contributed by atoms with E-state index in [0.29, 0.717) is 0 Å². The van der Waals surface area contributed by atoms with Gasteiger partial charge in [-0.1, -0.05) is 0 Å². The van der Waals surface area contributed by atoms with Gasteiger partial charge in [-0.15, -0.1) is 11.6 Å². The Labute approximate surface area is 111 Å². The molecule has 1 N–H and O–H groups in total. The van der Waals surface area contributed by atoms with Crippen LogP contribution in [0.2, 0.25) is 0 Å². The van der Waals surface area contributed by atoms with Crippen molar-refractivity contribution in [1.29, 1.82) is 0 Å². The number of carbonyl (C=O) groups excluding carboxylic acids is 3. The van der Waals surface area contributed by atoms with Crippen molar-refractivity contribution in [3.8, 4) is 0 Å². The first-order valence-corrected chi connectivity index (χ1v) is 6.44. The van der Waals surface area contributed by atoms with Gasteiger partial charge in [0.1, 0.15) is 6.54 Å². The number of nitrogens with one attached hydrogen (secondary N) is 1. The summed E-state index contributed by atoms with van der Waals surface area (Å²) < 4.78 is 4.79. The molecule has 1 aliphatic rings. The number of esters is 1. The zero-order valence-electron chi connectivity index (χ0n) is 10.3. The van der Waals surface area contributed by atoms with Crippen LogP contribution in [-0.4, -0.2) is 47.9 Å². The molecule has 1 rings (SSSR count). The number of urea groups is 1. The first-order chi connectivity index (χ1) is 8.58. The minimum atomic E-state index is -0.555. The maximum atomic E-state index is 11.8. The highest BCUT2D eigenvalue weighted by atomic mass is 35.5. The zero-order valence-corrected chi connectivity index (χ0v) is 11.0. The van der Waals surface area contributed by atoms with Gasteiger partial charge in [-0.2, -0.15) is 0 Å². The average Bonchev–Trinajstić information content (AvgIpc) is 3.10. The van der Waals surface area contributed by atoms with Crippen molar-refractivity contribution in [3.63, 3.8) is 0 Å². The number of halogens is 1. The van der Waals surface area contributed by atoms with Gasteiger partial charge in [-0.05, 0) is 19.8 Å². The monoisotopic (exact) mass is 276 g/mol. The summed E-state index contributed by atoms with van der Waals surface area (Å²) in [4.78, 5) is 35.7. The molecule has 0 aromatic rings. The number of hydrogen-bond acceptors (Lipinski definition) is 4. The van der Waals surface area contributed by atoms with Gasteiger partial charge in [0.05, 0.1) is 6.61 Å². The molecule has 6 nitrogen and oxygen atoms in total. The van der Waals surface area contributed by atoms with Crippen molar-refractivity contribution in [3.05, 3.63) is 0 Å². The predicted molar refractivity (Wildman–Crippen MR) is 65.2 cm³/mol. The summed E-state index contributed by atoms with van der Waals surface area (Å²) in [6.45, 7) is 1.84. The van der Waals surface area contributed by atoms with Crippen LogP contribution in [-0.2, 0) is 14.3 Å². The number of rotatable bonds is 6. The molecule has 0 aromatic heterocycles. The first-order valence-electron chi connectivity index (χ1n) is 5.90. The fraction of sp³-hybridized carbons (Fsp3) is 0.727. The number of hydrogen-bond donors (Lipinski definition) is 1. The summed E-state index contributed by atoms with van der Waals surface area (Å²) in [7, 11) is 0. The van der Waals surface area contributed by atoms with Crippen LogP contribution in [0.25, 0.3) is 0 Å². The number of alkyl halides is 1. The second kappa shape index (κ2) is 7.20. The minimum absolute atomic E-state index is 0.0261. The molecule has 18 heavy (non-hydrogen) atoms. The molecule has 0 atom stereocenters. The number of amides is 3. The molecule has 0 aromatic carbocycles. The van der Waals surface area contributed by atoms with E-state index in [2.05, 4.69) is 5.32 Å². The Hall–Kier alpha value is -1.30. The Bertz CT molecular complexity index is 331. The molecule has 102 valence electrons. The van der Waals surface area contributed by atoms with E-state index >= 15 is 0 Å². The van der Waals surface area contributed by atoms with Crippen LogP contribution in [0.4, 0.5) is 4.79 Å². The quantitative estimate of drug-likeness (QED) is 0.577. The lowest BCUT2D eigenvalue weighted by molar-refractivity contribution is -0.144. The number of ether oxygens (including phenoxy) is 1. The molecular formula is C11H17ClN2O4. The van der Waals surface area contributed by atoms with Crippen LogP contribution in [0, 0.1) is 0 Å². The van der Waals surface area contributed by atoms with Gasteiger partial charge >= 0.3 is 12.0 Å². The fourth-order valence-corrected chi connectivity index (χ4v) is 1.61. The highest BCUT2D eigenvalue weighted by Gasteiger charge is 2.34. The van der Waals surface area contributed by atoms with Gasteiger partial charge in [0.15, 0.2) is 0 Å². The summed E-state index contributed by atoms with van der Waals surface area (Å²) >= 11 is 5.40. The average molecular weight is 277 g/mol. The molecule has 0 saturated heterocycles. The minimum Gasteiger partial charge on any atom is -0.465 e. The Morgan fingerprint density at radius 2 is 2.06 bits per heavy atom. The number of imide groups is 1. The Balaban J connectivity index is 2.48. The first kappa shape index (κ1) is 14.8. The molecule has 0 bridgehead atoms. The van der Waals surface area contributed by atoms with E-state index in [9.17, 15) is 14.4 Å². The molecule has 7 heteroatoms. The van der Waals surface area contributed by atoms with Gasteiger partial charge < -0.3 is 9.64 Å². The number of carbonyl (C=O) groups is 3. The topological polar surface area (TPSA) is 75.7 Å². The van der Waals surface area contributed by atoms with Crippen molar-refractivity contribution in [2.24, 2.45) is 0 Å². The molecular weight excluding hydrogens is 260 g/mol. The van der Waals surface area contributed by atoms with Crippen LogP contribution in [0.15, 0.2) is 0 Å². The lowest BCUT2D eigenvalue weighted by atomic mass is 10.4. The van der Waals surface area contributed by atoms with Crippen LogP contribution >= 0.6 is 11.6 Å². The molecule has 0 spiro atoms. The summed E-state index contributed by atoms with van der Waals surface area (Å²) in [6.07, 6.45) is 1.76. The maximum absolute atomic E-state index is 11.8. The third-order valence-corrected chi connectivity index (χ3v) is 2.61. The SMILES string of the molecule is CCOC(=O)CN(C(=O)NC(=O)CCCl)C1CC1. The van der Waals surface area contributed by atoms with Gasteiger partial charge in [-0.3, -0.25) is 14.9 Å². The van der Waals surface area contributed by atoms with Crippen molar-refractivity contribution in [2.45, 2.75) is 32.2 Å². The van der Waals surface area contributed by atoms with Crippen molar-refractivity contribution < 1.29 is 19.1 Å². The van der Waals surface area contributed by atoms with E-state index in [1.54, 1.807) is 6.92 Å². The molecule has 0 radical (unpaired) electrons. The van der Waals surface area contributed by atoms with Crippen molar-refractivity contribution in [1.82, 2.24) is 10.2 Å². The van der Waals surface area contributed by atoms with Crippen LogP contribution < -0.4 is 5.32 Å². The Morgan fingerprint density at radius 3 is 2.56 bits per heavy atom. The van der Waals surface area contributed by atoms with Gasteiger partial charge in [0.25, 0.3) is 0 Å². The molecule has 3 amide bonds. The third-order valence-electron chi connectivity index (χ3n) is 2.42. The number of nitrogens with zero attached hydrogens (tertiary/aromatic N) is 1. The van der Waals surface area contributed by atoms with Crippen molar-refractivity contribution >= 4 is 29.5 Å². The van der Waals surface area contributed by atoms with E-state index in [-0.39, 0.29) is 31.5 Å². The van der Waals surface area contributed by atoms with Crippen LogP contribution in [0.1, 0.15) is 26.2 Å². The second-order valence-corrected chi connectivity index (χ2v) is 4.33. The highest BCUT2D eigenvalue weighted by Crippen LogP contribution is 2.26. The lowest BCUT2D eigenvalue weighted by Crippen LogP contribution is -2.46. The molecule has 0 aliphatic heterocycles. The largest absolute Gasteiger partial charge is 0.465 e. The van der Waals surface area contributed by atoms with Gasteiger partial charge in [0.2, 0.25) is 5.91 Å². The predicted octanol–water partition coefficient (Wildman–Crippen LogP) is 0.879. The lowest BCUT2D eigenvalue weighted by Gasteiger charge is -2.21. The van der Waals surface area contributed by atoms with Gasteiger partial charge in [0, 0.05) is 18.3 Å². The highest BCUT2D eigenvalue weighted by molar-refractivity contribution is 6.19. The molecule has 1 saturated carbocycles. The van der Waals surface area contributed by atoms with Crippen molar-refractivity contribution in [2.75, 3.05) is 19.0 Å². The van der Waals surface area contributed by atoms with E-state index in [1.165, 1.54) is 4.90 Å². The second-order valence-electron chi connectivity index (χ2n) is 3.96. The van der Waals surface area contributed by atoms with E-state index in [0.717, 1.165) is 12.8 Å². The summed E-state index contributed by atoms with van der Waals surface area (Å²) in [6, 6.07) is -0.529.